The molecule has 0 fully saturated rings. The van der Waals surface area contributed by atoms with Crippen LogP contribution in [0.5, 0.6) is 0 Å². The standard InChI is InChI=1S/C14H18ClN5O2S/c1-3-8(2)20-23(21,22)9-4-5-10-11(6-9)13(19-14(16)17)18-7-12(10)15/h4-8,20H,3H2,1-2H3,(H4,16,17,18,19)/t8-/m0/s1. The molecule has 1 heterocycles. The number of hydrogen-bond acceptors (Lipinski definition) is 4. The minimum atomic E-state index is -3.65. The van der Waals surface area contributed by atoms with Crippen molar-refractivity contribution >= 4 is 44.2 Å². The van der Waals surface area contributed by atoms with E-state index in [9.17, 15) is 8.42 Å². The van der Waals surface area contributed by atoms with Crippen LogP contribution in [0.3, 0.4) is 0 Å². The Hall–Kier alpha value is -1.90. The summed E-state index contributed by atoms with van der Waals surface area (Å²) in [7, 11) is -3.65. The highest BCUT2D eigenvalue weighted by Crippen LogP contribution is 2.31. The molecular weight excluding hydrogens is 338 g/mol. The van der Waals surface area contributed by atoms with E-state index in [1.54, 1.807) is 13.0 Å². The summed E-state index contributed by atoms with van der Waals surface area (Å²) in [5.74, 6) is 0.0390. The summed E-state index contributed by atoms with van der Waals surface area (Å²) >= 11 is 6.10. The lowest BCUT2D eigenvalue weighted by molar-refractivity contribution is 0.556. The van der Waals surface area contributed by atoms with Crippen LogP contribution in [0.1, 0.15) is 20.3 Å². The van der Waals surface area contributed by atoms with Crippen molar-refractivity contribution in [3.8, 4) is 0 Å². The minimum absolute atomic E-state index is 0.0985. The fraction of sp³-hybridized carbons (Fsp3) is 0.286. The average molecular weight is 356 g/mol. The van der Waals surface area contributed by atoms with Crippen molar-refractivity contribution in [1.29, 1.82) is 0 Å². The number of nitrogens with zero attached hydrogens (tertiary/aromatic N) is 2. The summed E-state index contributed by atoms with van der Waals surface area (Å²) in [6.45, 7) is 3.69. The first kappa shape index (κ1) is 17.5. The van der Waals surface area contributed by atoms with E-state index in [4.69, 9.17) is 23.1 Å². The molecule has 0 unspecified atom stereocenters. The molecule has 5 N–H and O–H groups in total. The zero-order valence-electron chi connectivity index (χ0n) is 12.7. The third-order valence-corrected chi connectivity index (χ3v) is 5.19. The van der Waals surface area contributed by atoms with E-state index >= 15 is 0 Å². The first-order chi connectivity index (χ1) is 10.7. The summed E-state index contributed by atoms with van der Waals surface area (Å²) in [5, 5.41) is 1.45. The van der Waals surface area contributed by atoms with Gasteiger partial charge < -0.3 is 11.5 Å². The Morgan fingerprint density at radius 1 is 1.39 bits per heavy atom. The second-order valence-electron chi connectivity index (χ2n) is 5.10. The van der Waals surface area contributed by atoms with E-state index in [2.05, 4.69) is 14.7 Å². The Balaban J connectivity index is 2.63. The molecule has 0 spiro atoms. The largest absolute Gasteiger partial charge is 0.370 e. The van der Waals surface area contributed by atoms with Crippen molar-refractivity contribution < 1.29 is 8.42 Å². The number of sulfonamides is 1. The van der Waals surface area contributed by atoms with E-state index in [1.807, 2.05) is 6.92 Å². The Morgan fingerprint density at radius 2 is 2.09 bits per heavy atom. The summed E-state index contributed by atoms with van der Waals surface area (Å²) in [6.07, 6.45) is 2.09. The fourth-order valence-electron chi connectivity index (χ4n) is 1.97. The van der Waals surface area contributed by atoms with Crippen LogP contribution in [0.25, 0.3) is 10.8 Å². The van der Waals surface area contributed by atoms with Gasteiger partial charge in [-0.3, -0.25) is 0 Å². The van der Waals surface area contributed by atoms with Crippen LogP contribution in [0, 0.1) is 0 Å². The van der Waals surface area contributed by atoms with Gasteiger partial charge in [-0.2, -0.15) is 4.99 Å². The fourth-order valence-corrected chi connectivity index (χ4v) is 3.53. The molecule has 0 saturated carbocycles. The van der Waals surface area contributed by atoms with Gasteiger partial charge in [-0.05, 0) is 25.5 Å². The van der Waals surface area contributed by atoms with Crippen LogP contribution < -0.4 is 16.2 Å². The van der Waals surface area contributed by atoms with Gasteiger partial charge in [0.25, 0.3) is 0 Å². The van der Waals surface area contributed by atoms with E-state index in [0.717, 1.165) is 0 Å². The normalized spacial score (nSPS) is 13.0. The molecule has 1 atom stereocenters. The molecule has 9 heteroatoms. The van der Waals surface area contributed by atoms with Gasteiger partial charge >= 0.3 is 0 Å². The number of aromatic nitrogens is 1. The number of nitrogens with one attached hydrogen (secondary N) is 1. The predicted octanol–water partition coefficient (Wildman–Crippen LogP) is 1.87. The lowest BCUT2D eigenvalue weighted by Crippen LogP contribution is -2.31. The third-order valence-electron chi connectivity index (χ3n) is 3.30. The van der Waals surface area contributed by atoms with E-state index in [1.165, 1.54) is 18.3 Å². The lowest BCUT2D eigenvalue weighted by Gasteiger charge is -2.13. The van der Waals surface area contributed by atoms with Gasteiger partial charge in [0.15, 0.2) is 11.8 Å². The summed E-state index contributed by atoms with van der Waals surface area (Å²) < 4.78 is 27.4. The summed E-state index contributed by atoms with van der Waals surface area (Å²) in [5.41, 5.74) is 10.8. The maximum atomic E-state index is 12.4. The molecule has 0 aliphatic rings. The number of fused-ring (bicyclic) bond motifs is 1. The van der Waals surface area contributed by atoms with Crippen molar-refractivity contribution in [3.05, 3.63) is 29.4 Å². The number of guanidine groups is 1. The Bertz CT molecular complexity index is 863. The smallest absolute Gasteiger partial charge is 0.240 e. The monoisotopic (exact) mass is 355 g/mol. The van der Waals surface area contributed by atoms with Crippen molar-refractivity contribution in [1.82, 2.24) is 9.71 Å². The molecule has 0 radical (unpaired) electrons. The SMILES string of the molecule is CC[C@H](C)NS(=O)(=O)c1ccc2c(Cl)cnc(N=C(N)N)c2c1. The van der Waals surface area contributed by atoms with Crippen molar-refractivity contribution in [3.63, 3.8) is 0 Å². The van der Waals surface area contributed by atoms with Gasteiger partial charge in [0, 0.05) is 23.0 Å². The number of pyridine rings is 1. The summed E-state index contributed by atoms with van der Waals surface area (Å²) in [4.78, 5) is 8.07. The topological polar surface area (TPSA) is 123 Å². The van der Waals surface area contributed by atoms with Crippen molar-refractivity contribution in [2.24, 2.45) is 16.5 Å². The van der Waals surface area contributed by atoms with Gasteiger partial charge in [0.1, 0.15) is 0 Å². The Labute approximate surface area is 139 Å². The highest BCUT2D eigenvalue weighted by atomic mass is 35.5. The molecular formula is C14H18ClN5O2S. The number of rotatable bonds is 5. The Morgan fingerprint density at radius 3 is 2.70 bits per heavy atom. The molecule has 1 aromatic carbocycles. The number of nitrogens with two attached hydrogens (primary N) is 2. The number of aliphatic imine (C=N–C) groups is 1. The van der Waals surface area contributed by atoms with Gasteiger partial charge in [0.2, 0.25) is 10.0 Å². The molecule has 2 rings (SSSR count). The molecule has 0 amide bonds. The van der Waals surface area contributed by atoms with Gasteiger partial charge in [-0.25, -0.2) is 18.1 Å². The molecule has 2 aromatic rings. The van der Waals surface area contributed by atoms with Gasteiger partial charge in [0.05, 0.1) is 9.92 Å². The lowest BCUT2D eigenvalue weighted by atomic mass is 10.1. The van der Waals surface area contributed by atoms with Crippen LogP contribution in [0.2, 0.25) is 5.02 Å². The van der Waals surface area contributed by atoms with E-state index < -0.39 is 10.0 Å². The predicted molar refractivity (Wildman–Crippen MR) is 92.3 cm³/mol. The number of benzene rings is 1. The maximum Gasteiger partial charge on any atom is 0.240 e. The summed E-state index contributed by atoms with van der Waals surface area (Å²) in [6, 6.07) is 4.38. The van der Waals surface area contributed by atoms with Crippen LogP contribution in [-0.2, 0) is 10.0 Å². The first-order valence-corrected chi connectivity index (χ1v) is 8.81. The van der Waals surface area contributed by atoms with Crippen LogP contribution >= 0.6 is 11.6 Å². The maximum absolute atomic E-state index is 12.4. The zero-order chi connectivity index (χ0) is 17.2. The number of halogens is 1. The quantitative estimate of drug-likeness (QED) is 0.558. The third kappa shape index (κ3) is 3.90. The molecule has 0 aliphatic heterocycles. The second-order valence-corrected chi connectivity index (χ2v) is 7.23. The van der Waals surface area contributed by atoms with E-state index in [-0.39, 0.29) is 22.7 Å². The van der Waals surface area contributed by atoms with Gasteiger partial charge in [-0.15, -0.1) is 0 Å². The molecule has 1 aromatic heterocycles. The minimum Gasteiger partial charge on any atom is -0.370 e. The molecule has 0 bridgehead atoms. The van der Waals surface area contributed by atoms with Crippen molar-refractivity contribution in [2.45, 2.75) is 31.2 Å². The van der Waals surface area contributed by atoms with Crippen LogP contribution in [0.15, 0.2) is 34.3 Å². The van der Waals surface area contributed by atoms with Crippen molar-refractivity contribution in [2.75, 3.05) is 0 Å². The zero-order valence-corrected chi connectivity index (χ0v) is 14.3. The number of hydrogen-bond donors (Lipinski definition) is 3. The average Bonchev–Trinajstić information content (AvgIpc) is 2.49. The highest BCUT2D eigenvalue weighted by Gasteiger charge is 2.18. The Kier molecular flexibility index (Phi) is 5.08. The van der Waals surface area contributed by atoms with E-state index in [0.29, 0.717) is 22.2 Å². The molecule has 0 aliphatic carbocycles. The molecule has 0 saturated heterocycles. The molecule has 23 heavy (non-hydrogen) atoms. The second kappa shape index (κ2) is 6.69. The molecule has 124 valence electrons. The first-order valence-electron chi connectivity index (χ1n) is 6.95. The highest BCUT2D eigenvalue weighted by molar-refractivity contribution is 7.89. The van der Waals surface area contributed by atoms with Crippen LogP contribution in [0.4, 0.5) is 5.82 Å². The van der Waals surface area contributed by atoms with Crippen LogP contribution in [-0.4, -0.2) is 25.4 Å². The van der Waals surface area contributed by atoms with Gasteiger partial charge in [-0.1, -0.05) is 24.6 Å². The molecule has 7 nitrogen and oxygen atoms in total.